The van der Waals surface area contributed by atoms with Gasteiger partial charge in [-0.25, -0.2) is 8.78 Å². The second-order valence-corrected chi connectivity index (χ2v) is 3.98. The minimum Gasteiger partial charge on any atom is -0.383 e. The molecule has 2 atom stereocenters. The van der Waals surface area contributed by atoms with E-state index >= 15 is 0 Å². The molecule has 2 rings (SSSR count). The molecule has 2 unspecified atom stereocenters. The summed E-state index contributed by atoms with van der Waals surface area (Å²) in [4.78, 5) is 0. The SMILES string of the molecule is CC1NCCC1(O)c1ccc(F)c(F)c1. The van der Waals surface area contributed by atoms with Gasteiger partial charge in [0.05, 0.1) is 0 Å². The lowest BCUT2D eigenvalue weighted by molar-refractivity contribution is 0.0289. The summed E-state index contributed by atoms with van der Waals surface area (Å²) in [6.45, 7) is 2.50. The lowest BCUT2D eigenvalue weighted by atomic mass is 9.87. The van der Waals surface area contributed by atoms with Crippen LogP contribution in [-0.4, -0.2) is 17.7 Å². The van der Waals surface area contributed by atoms with Crippen molar-refractivity contribution in [3.63, 3.8) is 0 Å². The van der Waals surface area contributed by atoms with Gasteiger partial charge < -0.3 is 10.4 Å². The van der Waals surface area contributed by atoms with E-state index in [-0.39, 0.29) is 6.04 Å². The maximum Gasteiger partial charge on any atom is 0.159 e. The molecule has 0 radical (unpaired) electrons. The number of benzene rings is 1. The van der Waals surface area contributed by atoms with Crippen molar-refractivity contribution in [3.05, 3.63) is 35.4 Å². The normalized spacial score (nSPS) is 30.8. The Morgan fingerprint density at radius 2 is 2.13 bits per heavy atom. The molecule has 1 aromatic carbocycles. The molecular weight excluding hydrogens is 200 g/mol. The zero-order chi connectivity index (χ0) is 11.1. The molecule has 4 heteroatoms. The highest BCUT2D eigenvalue weighted by atomic mass is 19.2. The number of halogens is 2. The zero-order valence-corrected chi connectivity index (χ0v) is 8.43. The molecule has 0 aliphatic carbocycles. The molecule has 1 aliphatic heterocycles. The van der Waals surface area contributed by atoms with Crippen molar-refractivity contribution in [2.45, 2.75) is 25.0 Å². The Kier molecular flexibility index (Phi) is 2.48. The van der Waals surface area contributed by atoms with Crippen molar-refractivity contribution in [2.24, 2.45) is 0 Å². The van der Waals surface area contributed by atoms with E-state index in [4.69, 9.17) is 0 Å². The van der Waals surface area contributed by atoms with Gasteiger partial charge in [-0.3, -0.25) is 0 Å². The van der Waals surface area contributed by atoms with Gasteiger partial charge in [0.2, 0.25) is 0 Å². The van der Waals surface area contributed by atoms with Crippen molar-refractivity contribution >= 4 is 0 Å². The molecule has 1 aromatic rings. The van der Waals surface area contributed by atoms with Crippen LogP contribution in [0.2, 0.25) is 0 Å². The van der Waals surface area contributed by atoms with Crippen LogP contribution in [0.5, 0.6) is 0 Å². The average molecular weight is 213 g/mol. The first-order chi connectivity index (χ1) is 7.04. The van der Waals surface area contributed by atoms with E-state index in [1.165, 1.54) is 6.07 Å². The van der Waals surface area contributed by atoms with E-state index in [2.05, 4.69) is 5.32 Å². The molecule has 82 valence electrons. The molecule has 0 spiro atoms. The first-order valence-electron chi connectivity index (χ1n) is 4.95. The standard InChI is InChI=1S/C11H13F2NO/c1-7-11(15,4-5-14-7)8-2-3-9(12)10(13)6-8/h2-3,6-7,14-15H,4-5H2,1H3. The summed E-state index contributed by atoms with van der Waals surface area (Å²) in [6, 6.07) is 3.40. The van der Waals surface area contributed by atoms with Gasteiger partial charge in [0.15, 0.2) is 11.6 Å². The number of hydrogen-bond acceptors (Lipinski definition) is 2. The van der Waals surface area contributed by atoms with Crippen molar-refractivity contribution in [1.82, 2.24) is 5.32 Å². The number of nitrogens with one attached hydrogen (secondary N) is 1. The van der Waals surface area contributed by atoms with Gasteiger partial charge in [0, 0.05) is 6.04 Å². The van der Waals surface area contributed by atoms with Gasteiger partial charge in [-0.05, 0) is 37.6 Å². The lowest BCUT2D eigenvalue weighted by Crippen LogP contribution is -2.37. The molecule has 0 aromatic heterocycles. The van der Waals surface area contributed by atoms with Gasteiger partial charge in [-0.1, -0.05) is 6.07 Å². The fraction of sp³-hybridized carbons (Fsp3) is 0.455. The Morgan fingerprint density at radius 1 is 1.40 bits per heavy atom. The first kappa shape index (κ1) is 10.5. The Bertz CT molecular complexity index is 383. The van der Waals surface area contributed by atoms with Crippen LogP contribution < -0.4 is 5.32 Å². The number of aliphatic hydroxyl groups is 1. The molecule has 2 N–H and O–H groups in total. The highest BCUT2D eigenvalue weighted by Gasteiger charge is 2.39. The minimum atomic E-state index is -1.09. The Labute approximate surface area is 86.9 Å². The third-order valence-corrected chi connectivity index (χ3v) is 3.09. The van der Waals surface area contributed by atoms with Gasteiger partial charge in [0.1, 0.15) is 5.60 Å². The highest BCUT2D eigenvalue weighted by Crippen LogP contribution is 2.33. The van der Waals surface area contributed by atoms with Crippen molar-refractivity contribution in [3.8, 4) is 0 Å². The third kappa shape index (κ3) is 1.64. The fourth-order valence-corrected chi connectivity index (χ4v) is 2.02. The van der Waals surface area contributed by atoms with Gasteiger partial charge in [0.25, 0.3) is 0 Å². The van der Waals surface area contributed by atoms with Crippen LogP contribution in [0.3, 0.4) is 0 Å². The predicted octanol–water partition coefficient (Wildman–Crippen LogP) is 1.53. The van der Waals surface area contributed by atoms with E-state index in [1.54, 1.807) is 0 Å². The molecule has 1 saturated heterocycles. The van der Waals surface area contributed by atoms with Crippen LogP contribution in [0.25, 0.3) is 0 Å². The molecule has 1 fully saturated rings. The molecule has 1 aliphatic rings. The van der Waals surface area contributed by atoms with E-state index in [0.29, 0.717) is 18.5 Å². The largest absolute Gasteiger partial charge is 0.383 e. The Morgan fingerprint density at radius 3 is 2.67 bits per heavy atom. The van der Waals surface area contributed by atoms with Crippen LogP contribution >= 0.6 is 0 Å². The maximum absolute atomic E-state index is 13.0. The summed E-state index contributed by atoms with van der Waals surface area (Å²) in [5.74, 6) is -1.80. The summed E-state index contributed by atoms with van der Waals surface area (Å²) in [5, 5.41) is 13.4. The zero-order valence-electron chi connectivity index (χ0n) is 8.43. The molecule has 15 heavy (non-hydrogen) atoms. The van der Waals surface area contributed by atoms with Crippen molar-refractivity contribution in [1.29, 1.82) is 0 Å². The fourth-order valence-electron chi connectivity index (χ4n) is 2.02. The summed E-state index contributed by atoms with van der Waals surface area (Å²) in [6.07, 6.45) is 0.513. The highest BCUT2D eigenvalue weighted by molar-refractivity contribution is 5.27. The molecule has 0 amide bonds. The third-order valence-electron chi connectivity index (χ3n) is 3.09. The minimum absolute atomic E-state index is 0.151. The topological polar surface area (TPSA) is 32.3 Å². The van der Waals surface area contributed by atoms with Gasteiger partial charge in [-0.15, -0.1) is 0 Å². The van der Waals surface area contributed by atoms with Gasteiger partial charge in [-0.2, -0.15) is 0 Å². The molecule has 0 bridgehead atoms. The predicted molar refractivity (Wildman–Crippen MR) is 52.3 cm³/mol. The molecule has 2 nitrogen and oxygen atoms in total. The summed E-state index contributed by atoms with van der Waals surface area (Å²) < 4.78 is 25.8. The van der Waals surface area contributed by atoms with Crippen molar-refractivity contribution in [2.75, 3.05) is 6.54 Å². The molecular formula is C11H13F2NO. The Balaban J connectivity index is 2.40. The van der Waals surface area contributed by atoms with Gasteiger partial charge >= 0.3 is 0 Å². The van der Waals surface area contributed by atoms with E-state index in [9.17, 15) is 13.9 Å². The van der Waals surface area contributed by atoms with Crippen LogP contribution in [0.4, 0.5) is 8.78 Å². The van der Waals surface area contributed by atoms with Crippen LogP contribution in [0.1, 0.15) is 18.9 Å². The smallest absolute Gasteiger partial charge is 0.159 e. The number of hydrogen-bond donors (Lipinski definition) is 2. The first-order valence-corrected chi connectivity index (χ1v) is 4.95. The number of rotatable bonds is 1. The second kappa shape index (κ2) is 3.54. The van der Waals surface area contributed by atoms with Crippen molar-refractivity contribution < 1.29 is 13.9 Å². The average Bonchev–Trinajstić information content (AvgIpc) is 2.53. The van der Waals surface area contributed by atoms with Crippen LogP contribution in [0.15, 0.2) is 18.2 Å². The summed E-state index contributed by atoms with van der Waals surface area (Å²) in [5.41, 5.74) is -0.659. The van der Waals surface area contributed by atoms with E-state index < -0.39 is 17.2 Å². The monoisotopic (exact) mass is 213 g/mol. The lowest BCUT2D eigenvalue weighted by Gasteiger charge is -2.27. The van der Waals surface area contributed by atoms with Crippen LogP contribution in [-0.2, 0) is 5.60 Å². The molecule has 0 saturated carbocycles. The van der Waals surface area contributed by atoms with Crippen LogP contribution in [0, 0.1) is 11.6 Å². The Hall–Kier alpha value is -1.00. The van der Waals surface area contributed by atoms with E-state index in [1.807, 2.05) is 6.92 Å². The summed E-state index contributed by atoms with van der Waals surface area (Å²) >= 11 is 0. The van der Waals surface area contributed by atoms with E-state index in [0.717, 1.165) is 12.1 Å². The molecule has 1 heterocycles. The second-order valence-electron chi connectivity index (χ2n) is 3.98. The maximum atomic E-state index is 13.0. The quantitative estimate of drug-likeness (QED) is 0.741. The summed E-state index contributed by atoms with van der Waals surface area (Å²) in [7, 11) is 0.